The molecule has 96 valence electrons. The molecule has 1 fully saturated rings. The Labute approximate surface area is 136 Å². The lowest BCUT2D eigenvalue weighted by atomic mass is 10.3. The number of benzene rings is 1. The van der Waals surface area contributed by atoms with E-state index in [4.69, 9.17) is 9.47 Å². The molecule has 2 rings (SSSR count). The van der Waals surface area contributed by atoms with Crippen LogP contribution in [0.2, 0.25) is 0 Å². The predicted octanol–water partition coefficient (Wildman–Crippen LogP) is 4.45. The molecular formula is C12H9Br3O2S. The molecule has 0 radical (unpaired) electrons. The van der Waals surface area contributed by atoms with Gasteiger partial charge in [0.2, 0.25) is 0 Å². The summed E-state index contributed by atoms with van der Waals surface area (Å²) in [5, 5.41) is 3.00. The third-order valence-electron chi connectivity index (χ3n) is 2.07. The average Bonchev–Trinajstić information content (AvgIpc) is 3.09. The van der Waals surface area contributed by atoms with E-state index in [2.05, 4.69) is 59.0 Å². The molecule has 6 heteroatoms. The normalized spacial score (nSPS) is 16.9. The first-order valence-electron chi connectivity index (χ1n) is 5.15. The molecule has 1 heterocycles. The summed E-state index contributed by atoms with van der Waals surface area (Å²) < 4.78 is 13.5. The van der Waals surface area contributed by atoms with Crippen LogP contribution in [0.3, 0.4) is 0 Å². The number of hydrogen-bond acceptors (Lipinski definition) is 3. The Morgan fingerprint density at radius 2 is 2.00 bits per heavy atom. The molecule has 0 amide bonds. The van der Waals surface area contributed by atoms with Crippen LogP contribution in [0.15, 0.2) is 25.6 Å². The van der Waals surface area contributed by atoms with Gasteiger partial charge in [0.25, 0.3) is 0 Å². The first-order valence-corrected chi connectivity index (χ1v) is 8.52. The van der Waals surface area contributed by atoms with Gasteiger partial charge in [-0.05, 0) is 55.2 Å². The van der Waals surface area contributed by atoms with Crippen LogP contribution in [-0.2, 0) is 4.74 Å². The molecule has 1 unspecified atom stereocenters. The maximum Gasteiger partial charge on any atom is 0.150 e. The molecule has 0 aliphatic carbocycles. The molecule has 1 aliphatic rings. The van der Waals surface area contributed by atoms with Gasteiger partial charge in [0, 0.05) is 10.2 Å². The van der Waals surface area contributed by atoms with E-state index >= 15 is 0 Å². The van der Waals surface area contributed by atoms with Crippen molar-refractivity contribution in [2.75, 3.05) is 19.0 Å². The number of hydrogen-bond donors (Lipinski definition) is 0. The molecule has 0 saturated carbocycles. The number of ether oxygens (including phenoxy) is 2. The maximum absolute atomic E-state index is 5.61. The van der Waals surface area contributed by atoms with Crippen LogP contribution in [-0.4, -0.2) is 25.1 Å². The fourth-order valence-corrected chi connectivity index (χ4v) is 4.26. The third-order valence-corrected chi connectivity index (χ3v) is 4.53. The highest BCUT2D eigenvalue weighted by Crippen LogP contribution is 2.36. The van der Waals surface area contributed by atoms with Crippen LogP contribution in [0.1, 0.15) is 0 Å². The molecule has 1 atom stereocenters. The molecule has 0 N–H and O–H groups in total. The van der Waals surface area contributed by atoms with Crippen LogP contribution in [0.25, 0.3) is 0 Å². The lowest BCUT2D eigenvalue weighted by Gasteiger charge is -2.07. The fraction of sp³-hybridized carbons (Fsp3) is 0.333. The first kappa shape index (κ1) is 14.7. The molecular weight excluding hydrogens is 448 g/mol. The summed E-state index contributed by atoms with van der Waals surface area (Å²) in [6.07, 6.45) is 0.417. The molecule has 1 aromatic rings. The first-order chi connectivity index (χ1) is 8.66. The molecule has 2 nitrogen and oxygen atoms in total. The summed E-state index contributed by atoms with van der Waals surface area (Å²) in [5.74, 6) is 4.68. The summed E-state index contributed by atoms with van der Waals surface area (Å²) in [4.78, 5) is 0. The van der Waals surface area contributed by atoms with Crippen molar-refractivity contribution in [2.45, 2.75) is 6.10 Å². The van der Waals surface area contributed by atoms with E-state index in [1.807, 2.05) is 12.1 Å². The second-order valence-corrected chi connectivity index (χ2v) is 6.98. The summed E-state index contributed by atoms with van der Waals surface area (Å²) in [6, 6.07) is 3.87. The largest absolute Gasteiger partial charge is 0.479 e. The van der Waals surface area contributed by atoms with Crippen LogP contribution in [0.4, 0.5) is 0 Å². The van der Waals surface area contributed by atoms with Crippen molar-refractivity contribution in [3.63, 3.8) is 0 Å². The number of thioether (sulfide) groups is 1. The van der Waals surface area contributed by atoms with E-state index in [-0.39, 0.29) is 0 Å². The van der Waals surface area contributed by atoms with Gasteiger partial charge in [0.05, 0.1) is 21.7 Å². The second-order valence-electron chi connectivity index (χ2n) is 3.53. The van der Waals surface area contributed by atoms with E-state index in [1.54, 1.807) is 11.8 Å². The highest BCUT2D eigenvalue weighted by Gasteiger charge is 2.21. The van der Waals surface area contributed by atoms with Crippen LogP contribution >= 0.6 is 59.6 Å². The van der Waals surface area contributed by atoms with Gasteiger partial charge in [0.15, 0.2) is 0 Å². The summed E-state index contributed by atoms with van der Waals surface area (Å²) in [7, 11) is 0. The van der Waals surface area contributed by atoms with Gasteiger partial charge in [-0.2, -0.15) is 0 Å². The molecule has 0 aromatic heterocycles. The van der Waals surface area contributed by atoms with Gasteiger partial charge >= 0.3 is 0 Å². The maximum atomic E-state index is 5.61. The van der Waals surface area contributed by atoms with Gasteiger partial charge in [-0.25, -0.2) is 0 Å². The number of halogens is 3. The number of epoxide rings is 1. The predicted molar refractivity (Wildman–Crippen MR) is 85.0 cm³/mol. The van der Waals surface area contributed by atoms with Crippen molar-refractivity contribution in [3.05, 3.63) is 25.6 Å². The highest BCUT2D eigenvalue weighted by molar-refractivity contribution is 9.11. The van der Waals surface area contributed by atoms with Crippen molar-refractivity contribution in [1.82, 2.24) is 0 Å². The Morgan fingerprint density at radius 1 is 1.33 bits per heavy atom. The second kappa shape index (κ2) is 7.20. The topological polar surface area (TPSA) is 21.8 Å². The van der Waals surface area contributed by atoms with Crippen LogP contribution in [0.5, 0.6) is 5.75 Å². The van der Waals surface area contributed by atoms with E-state index < -0.39 is 0 Å². The Hall–Kier alpha value is 0.330. The van der Waals surface area contributed by atoms with E-state index in [1.165, 1.54) is 0 Å². The minimum absolute atomic E-state index is 0.372. The van der Waals surface area contributed by atoms with Gasteiger partial charge in [-0.1, -0.05) is 27.7 Å². The SMILES string of the molecule is Brc1cc(Br)c(OCC#CSCC2CO2)c(Br)c1. The summed E-state index contributed by atoms with van der Waals surface area (Å²) in [5.41, 5.74) is 0. The Balaban J connectivity index is 1.81. The zero-order valence-electron chi connectivity index (χ0n) is 9.21. The van der Waals surface area contributed by atoms with E-state index in [0.29, 0.717) is 12.7 Å². The third kappa shape index (κ3) is 4.78. The molecule has 1 saturated heterocycles. The smallest absolute Gasteiger partial charge is 0.150 e. The molecule has 0 bridgehead atoms. The molecule has 1 aromatic carbocycles. The fourth-order valence-electron chi connectivity index (χ4n) is 1.15. The Kier molecular flexibility index (Phi) is 5.90. The van der Waals surface area contributed by atoms with Gasteiger partial charge in [-0.3, -0.25) is 0 Å². The molecule has 18 heavy (non-hydrogen) atoms. The minimum atomic E-state index is 0.372. The standard InChI is InChI=1S/C12H9Br3O2S/c13-8-4-10(14)12(11(15)5-8)16-2-1-3-18-7-9-6-17-9/h4-5,9H,2,6-7H2. The minimum Gasteiger partial charge on any atom is -0.479 e. The van der Waals surface area contributed by atoms with E-state index in [0.717, 1.165) is 31.5 Å². The van der Waals surface area contributed by atoms with Crippen LogP contribution in [0, 0.1) is 11.2 Å². The van der Waals surface area contributed by atoms with Gasteiger partial charge in [0.1, 0.15) is 12.4 Å². The van der Waals surface area contributed by atoms with Crippen molar-refractivity contribution in [1.29, 1.82) is 0 Å². The summed E-state index contributed by atoms with van der Waals surface area (Å²) in [6.45, 7) is 1.25. The van der Waals surface area contributed by atoms with Crippen molar-refractivity contribution in [3.8, 4) is 16.9 Å². The average molecular weight is 457 g/mol. The monoisotopic (exact) mass is 454 g/mol. The zero-order chi connectivity index (χ0) is 13.0. The van der Waals surface area contributed by atoms with Crippen molar-refractivity contribution < 1.29 is 9.47 Å². The van der Waals surface area contributed by atoms with Crippen LogP contribution < -0.4 is 4.74 Å². The quantitative estimate of drug-likeness (QED) is 0.493. The highest BCUT2D eigenvalue weighted by atomic mass is 79.9. The van der Waals surface area contributed by atoms with E-state index in [9.17, 15) is 0 Å². The Bertz CT molecular complexity index is 469. The van der Waals surface area contributed by atoms with Crippen molar-refractivity contribution in [2.24, 2.45) is 0 Å². The number of rotatable bonds is 4. The molecule has 1 aliphatic heterocycles. The lowest BCUT2D eigenvalue weighted by molar-refractivity contribution is 0.365. The zero-order valence-corrected chi connectivity index (χ0v) is 14.8. The molecule has 0 spiro atoms. The van der Waals surface area contributed by atoms with Crippen molar-refractivity contribution >= 4 is 59.6 Å². The van der Waals surface area contributed by atoms with Gasteiger partial charge < -0.3 is 9.47 Å². The van der Waals surface area contributed by atoms with Gasteiger partial charge in [-0.15, -0.1) is 0 Å². The Morgan fingerprint density at radius 3 is 2.61 bits per heavy atom. The lowest BCUT2D eigenvalue weighted by Crippen LogP contribution is -1.96. The summed E-state index contributed by atoms with van der Waals surface area (Å²) >= 11 is 11.9.